The van der Waals surface area contributed by atoms with Crippen LogP contribution in [-0.4, -0.2) is 36.5 Å². The molecular formula is C18H31N3O2. The third-order valence-corrected chi connectivity index (χ3v) is 3.79. The van der Waals surface area contributed by atoms with Crippen LogP contribution in [0.2, 0.25) is 0 Å². The maximum Gasteiger partial charge on any atom is 0.314 e. The zero-order valence-electron chi connectivity index (χ0n) is 14.8. The van der Waals surface area contributed by atoms with E-state index < -0.39 is 0 Å². The van der Waals surface area contributed by atoms with E-state index >= 15 is 0 Å². The summed E-state index contributed by atoms with van der Waals surface area (Å²) in [5, 5.41) is 5.75. The first-order valence-corrected chi connectivity index (χ1v) is 8.50. The number of nitrogens with zero attached hydrogens (tertiary/aromatic N) is 1. The predicted molar refractivity (Wildman–Crippen MR) is 93.9 cm³/mol. The number of carbonyl (C=O) groups excluding carboxylic acids is 2. The highest BCUT2D eigenvalue weighted by Crippen LogP contribution is 2.17. The zero-order valence-corrected chi connectivity index (χ0v) is 14.8. The summed E-state index contributed by atoms with van der Waals surface area (Å²) in [6, 6.07) is -0.0840. The highest BCUT2D eigenvalue weighted by molar-refractivity contribution is 5.92. The van der Waals surface area contributed by atoms with E-state index in [1.807, 2.05) is 0 Å². The first-order valence-electron chi connectivity index (χ1n) is 8.50. The van der Waals surface area contributed by atoms with E-state index in [0.717, 1.165) is 44.3 Å². The molecule has 0 aromatic carbocycles. The minimum Gasteiger partial charge on any atom is -0.338 e. The van der Waals surface area contributed by atoms with Crippen molar-refractivity contribution in [1.82, 2.24) is 15.5 Å². The van der Waals surface area contributed by atoms with Gasteiger partial charge in [-0.1, -0.05) is 40.2 Å². The quantitative estimate of drug-likeness (QED) is 0.641. The van der Waals surface area contributed by atoms with Crippen molar-refractivity contribution in [3.8, 4) is 0 Å². The molecule has 130 valence electrons. The monoisotopic (exact) mass is 321 g/mol. The summed E-state index contributed by atoms with van der Waals surface area (Å²) < 4.78 is 0. The molecule has 1 aliphatic rings. The molecular weight excluding hydrogens is 290 g/mol. The van der Waals surface area contributed by atoms with E-state index in [9.17, 15) is 9.59 Å². The Kier molecular flexibility index (Phi) is 7.86. The first-order chi connectivity index (χ1) is 10.8. The van der Waals surface area contributed by atoms with E-state index in [1.165, 1.54) is 0 Å². The molecule has 1 rings (SSSR count). The number of hydrogen-bond donors (Lipinski definition) is 2. The number of allylic oxidation sites excluding steroid dienone is 1. The number of rotatable bonds is 9. The fourth-order valence-electron chi connectivity index (χ4n) is 2.31. The smallest absolute Gasteiger partial charge is 0.314 e. The van der Waals surface area contributed by atoms with Crippen molar-refractivity contribution < 1.29 is 9.59 Å². The minimum atomic E-state index is -0.0840. The van der Waals surface area contributed by atoms with Gasteiger partial charge in [-0.25, -0.2) is 4.79 Å². The Labute approximate surface area is 140 Å². The van der Waals surface area contributed by atoms with Crippen LogP contribution in [0.3, 0.4) is 0 Å². The van der Waals surface area contributed by atoms with Gasteiger partial charge >= 0.3 is 6.03 Å². The summed E-state index contributed by atoms with van der Waals surface area (Å²) >= 11 is 0. The number of amides is 3. The Morgan fingerprint density at radius 1 is 1.09 bits per heavy atom. The number of hydrogen-bond acceptors (Lipinski definition) is 2. The summed E-state index contributed by atoms with van der Waals surface area (Å²) in [5.74, 6) is 0.0311. The molecule has 0 saturated heterocycles. The summed E-state index contributed by atoms with van der Waals surface area (Å²) in [7, 11) is 0. The van der Waals surface area contributed by atoms with Gasteiger partial charge in [0.25, 0.3) is 5.91 Å². The van der Waals surface area contributed by atoms with Crippen LogP contribution in [-0.2, 0) is 4.79 Å². The second-order valence-electron chi connectivity index (χ2n) is 7.22. The number of nitrogens with one attached hydrogen (secondary N) is 2. The van der Waals surface area contributed by atoms with Crippen LogP contribution >= 0.6 is 0 Å². The summed E-state index contributed by atoms with van der Waals surface area (Å²) in [6.45, 7) is 12.4. The van der Waals surface area contributed by atoms with Gasteiger partial charge in [0.1, 0.15) is 0 Å². The highest BCUT2D eigenvalue weighted by Gasteiger charge is 2.17. The van der Waals surface area contributed by atoms with E-state index in [0.29, 0.717) is 13.1 Å². The normalized spacial score (nSPS) is 14.5. The van der Waals surface area contributed by atoms with E-state index in [-0.39, 0.29) is 17.4 Å². The molecule has 0 aliphatic carbocycles. The van der Waals surface area contributed by atoms with Gasteiger partial charge in [-0.3, -0.25) is 4.79 Å². The molecule has 0 bridgehead atoms. The van der Waals surface area contributed by atoms with Crippen LogP contribution < -0.4 is 10.6 Å². The van der Waals surface area contributed by atoms with Crippen molar-refractivity contribution in [3.63, 3.8) is 0 Å². The van der Waals surface area contributed by atoms with Gasteiger partial charge < -0.3 is 15.5 Å². The van der Waals surface area contributed by atoms with E-state index in [1.54, 1.807) is 17.1 Å². The van der Waals surface area contributed by atoms with E-state index in [4.69, 9.17) is 0 Å². The molecule has 0 saturated carbocycles. The Morgan fingerprint density at radius 3 is 2.35 bits per heavy atom. The van der Waals surface area contributed by atoms with Gasteiger partial charge in [0.15, 0.2) is 0 Å². The molecule has 1 heterocycles. The molecule has 3 amide bonds. The van der Waals surface area contributed by atoms with Gasteiger partial charge in [-0.05, 0) is 30.8 Å². The van der Waals surface area contributed by atoms with Crippen molar-refractivity contribution in [2.45, 2.75) is 52.9 Å². The van der Waals surface area contributed by atoms with Crippen molar-refractivity contribution in [1.29, 1.82) is 0 Å². The molecule has 0 atom stereocenters. The predicted octanol–water partition coefficient (Wildman–Crippen LogP) is 3.19. The second-order valence-corrected chi connectivity index (χ2v) is 7.22. The molecule has 1 aliphatic heterocycles. The Morgan fingerprint density at radius 2 is 1.74 bits per heavy atom. The second kappa shape index (κ2) is 9.38. The molecule has 0 radical (unpaired) electrons. The third-order valence-electron chi connectivity index (χ3n) is 3.79. The van der Waals surface area contributed by atoms with Crippen molar-refractivity contribution >= 4 is 11.9 Å². The lowest BCUT2D eigenvalue weighted by Gasteiger charge is -2.18. The Bertz CT molecular complexity index is 432. The molecule has 5 nitrogen and oxygen atoms in total. The molecule has 23 heavy (non-hydrogen) atoms. The van der Waals surface area contributed by atoms with Gasteiger partial charge in [0.2, 0.25) is 0 Å². The molecule has 2 N–H and O–H groups in total. The first kappa shape index (κ1) is 19.3. The number of carbonyl (C=O) groups is 2. The standard InChI is InChI=1S/C18H31N3O2/c1-15-9-10-16(22)21(15)14-8-6-5-7-12-19-17(23)20-13-11-18(2,3)4/h9-10H,1,5-8,11-14H2,2-4H3,(H2,19,20,23). The molecule has 5 heteroatoms. The maximum absolute atomic E-state index is 11.6. The largest absolute Gasteiger partial charge is 0.338 e. The molecule has 0 fully saturated rings. The summed E-state index contributed by atoms with van der Waals surface area (Å²) in [5.41, 5.74) is 1.02. The average molecular weight is 321 g/mol. The SMILES string of the molecule is C=C1C=CC(=O)N1CCCCCCNC(=O)NCCC(C)(C)C. The van der Waals surface area contributed by atoms with Crippen LogP contribution in [0.4, 0.5) is 4.79 Å². The van der Waals surface area contributed by atoms with Crippen LogP contribution in [0.15, 0.2) is 24.4 Å². The van der Waals surface area contributed by atoms with Crippen molar-refractivity contribution in [2.24, 2.45) is 5.41 Å². The fourth-order valence-corrected chi connectivity index (χ4v) is 2.31. The summed E-state index contributed by atoms with van der Waals surface area (Å²) in [4.78, 5) is 24.8. The lowest BCUT2D eigenvalue weighted by Crippen LogP contribution is -2.37. The maximum atomic E-state index is 11.6. The van der Waals surface area contributed by atoms with Crippen LogP contribution in [0.1, 0.15) is 52.9 Å². The van der Waals surface area contributed by atoms with Crippen LogP contribution in [0.5, 0.6) is 0 Å². The minimum absolute atomic E-state index is 0.0311. The molecule has 0 unspecified atom stereocenters. The van der Waals surface area contributed by atoms with Crippen LogP contribution in [0, 0.1) is 5.41 Å². The third kappa shape index (κ3) is 8.43. The van der Waals surface area contributed by atoms with Crippen molar-refractivity contribution in [2.75, 3.05) is 19.6 Å². The molecule has 0 aromatic rings. The van der Waals surface area contributed by atoms with Gasteiger partial charge in [-0.15, -0.1) is 0 Å². The fraction of sp³-hybridized carbons (Fsp3) is 0.667. The lowest BCUT2D eigenvalue weighted by atomic mass is 9.92. The summed E-state index contributed by atoms with van der Waals surface area (Å²) in [6.07, 6.45) is 8.30. The van der Waals surface area contributed by atoms with Gasteiger partial charge in [0, 0.05) is 31.4 Å². The topological polar surface area (TPSA) is 61.4 Å². The average Bonchev–Trinajstić information content (AvgIpc) is 2.76. The zero-order chi connectivity index (χ0) is 17.3. The Balaban J connectivity index is 1.94. The molecule has 0 aromatic heterocycles. The van der Waals surface area contributed by atoms with Crippen LogP contribution in [0.25, 0.3) is 0 Å². The number of urea groups is 1. The molecule has 0 spiro atoms. The Hall–Kier alpha value is -1.78. The lowest BCUT2D eigenvalue weighted by molar-refractivity contribution is -0.123. The van der Waals surface area contributed by atoms with Crippen molar-refractivity contribution in [3.05, 3.63) is 24.4 Å². The van der Waals surface area contributed by atoms with Gasteiger partial charge in [0.05, 0.1) is 0 Å². The van der Waals surface area contributed by atoms with Gasteiger partial charge in [-0.2, -0.15) is 0 Å². The highest BCUT2D eigenvalue weighted by atomic mass is 16.2. The number of unbranched alkanes of at least 4 members (excludes halogenated alkanes) is 3. The van der Waals surface area contributed by atoms with E-state index in [2.05, 4.69) is 38.0 Å².